The molecule has 1 aliphatic rings. The van der Waals surface area contributed by atoms with Crippen molar-refractivity contribution in [3.05, 3.63) is 0 Å². The third-order valence-corrected chi connectivity index (χ3v) is 17.6. The molecule has 2 atom stereocenters. The molecule has 0 bridgehead atoms. The van der Waals surface area contributed by atoms with Gasteiger partial charge in [0.05, 0.1) is 37.7 Å². The molecule has 0 spiro atoms. The fraction of sp³-hybridized carbons (Fsp3) is 0.881. The molecule has 0 saturated carbocycles. The van der Waals surface area contributed by atoms with E-state index in [0.717, 1.165) is 64.2 Å². The fourth-order valence-corrected chi connectivity index (χ4v) is 11.8. The van der Waals surface area contributed by atoms with Crippen molar-refractivity contribution in [3.63, 3.8) is 0 Å². The van der Waals surface area contributed by atoms with E-state index in [-0.39, 0.29) is 168 Å². The average Bonchev–Trinajstić information content (AvgIpc) is 2.22. The summed E-state index contributed by atoms with van der Waals surface area (Å²) in [6.07, 6.45) is 35.9. The van der Waals surface area contributed by atoms with Crippen LogP contribution in [0.4, 0.5) is 4.79 Å². The minimum atomic E-state index is -3.65. The number of carboxylic acid groups (broad SMARTS) is 3. The summed E-state index contributed by atoms with van der Waals surface area (Å²) in [7, 11) is -3.65. The van der Waals surface area contributed by atoms with Crippen molar-refractivity contribution < 1.29 is 117 Å². The maximum atomic E-state index is 13.3. The number of carbonyl (C=O) groups excluding carboxylic acids is 8. The van der Waals surface area contributed by atoms with Gasteiger partial charge in [-0.15, -0.1) is 0 Å². The maximum absolute atomic E-state index is 13.3. The van der Waals surface area contributed by atoms with Crippen molar-refractivity contribution in [2.24, 2.45) is 0 Å². The molecule has 0 aromatic heterocycles. The molecule has 93 heavy (non-hydrogen) atoms. The molecular formula is C67H124GdN8O16P. The largest absolute Gasteiger partial charge is 3.00 e. The van der Waals surface area contributed by atoms with Gasteiger partial charge in [-0.1, -0.05) is 187 Å². The first kappa shape index (κ1) is 89.9. The average molecular weight is 1490 g/mol. The zero-order chi connectivity index (χ0) is 67.6. The second-order valence-corrected chi connectivity index (χ2v) is 27.1. The van der Waals surface area contributed by atoms with Crippen molar-refractivity contribution in [3.8, 4) is 0 Å². The minimum Gasteiger partial charge on any atom is -0.549 e. The Morgan fingerprint density at radius 3 is 1.11 bits per heavy atom. The number of rotatable bonds is 59. The number of hydrogen-bond acceptors (Lipinski definition) is 20. The number of aliphatic carboxylic acids is 3. The van der Waals surface area contributed by atoms with E-state index in [9.17, 15) is 58.2 Å². The van der Waals surface area contributed by atoms with Gasteiger partial charge in [-0.3, -0.25) is 43.3 Å². The van der Waals surface area contributed by atoms with Gasteiger partial charge in [-0.05, 0) is 38.5 Å². The SMILES string of the molecule is CCCCCCCCCCCCCCCC(=O)OC[C@@H](COP(C)(=O)OCCNC(=O)CCCCCNC(=O)NCCCCCCNC(=O)CN1CCN(CC(=O)[O-])CCN(CC(=O)[O-])CCN(CC(=O)[O-])CC1)OC(=O)CCCCCCCCCCCCCCC.[Gd+3]. The molecule has 1 aliphatic heterocycles. The molecule has 1 heterocycles. The number of hydrogen-bond donors (Lipinski definition) is 4. The van der Waals surface area contributed by atoms with Crippen LogP contribution >= 0.6 is 7.60 Å². The quantitative estimate of drug-likeness (QED) is 0.0291. The number of ether oxygens (including phenoxy) is 2. The molecule has 4 amide bonds. The van der Waals surface area contributed by atoms with Crippen LogP contribution in [0.3, 0.4) is 0 Å². The van der Waals surface area contributed by atoms with Gasteiger partial charge in [0, 0.05) is 124 Å². The topological polar surface area (TPSA) is 321 Å². The van der Waals surface area contributed by atoms with Crippen LogP contribution < -0.4 is 36.6 Å². The van der Waals surface area contributed by atoms with E-state index in [2.05, 4.69) is 35.1 Å². The van der Waals surface area contributed by atoms with Gasteiger partial charge >= 0.3 is 65.5 Å². The molecule has 541 valence electrons. The first-order chi connectivity index (χ1) is 44.4. The molecule has 0 aromatic rings. The van der Waals surface area contributed by atoms with Crippen molar-refractivity contribution in [2.75, 3.05) is 131 Å². The van der Waals surface area contributed by atoms with Crippen molar-refractivity contribution in [1.29, 1.82) is 0 Å². The van der Waals surface area contributed by atoms with Gasteiger partial charge in [-0.2, -0.15) is 0 Å². The number of unbranched alkanes of at least 4 members (excludes halogenated alkanes) is 29. The summed E-state index contributed by atoms with van der Waals surface area (Å²) < 4.78 is 35.7. The van der Waals surface area contributed by atoms with E-state index in [1.54, 1.807) is 14.7 Å². The van der Waals surface area contributed by atoms with Crippen LogP contribution in [0.25, 0.3) is 0 Å². The van der Waals surface area contributed by atoms with E-state index >= 15 is 0 Å². The van der Waals surface area contributed by atoms with E-state index in [1.165, 1.54) is 122 Å². The van der Waals surface area contributed by atoms with Gasteiger partial charge in [0.2, 0.25) is 11.8 Å². The molecule has 0 aliphatic carbocycles. The first-order valence-corrected chi connectivity index (χ1v) is 37.7. The Morgan fingerprint density at radius 1 is 0.387 bits per heavy atom. The number of carboxylic acids is 3. The molecule has 26 heteroatoms. The van der Waals surface area contributed by atoms with Gasteiger partial charge in [0.15, 0.2) is 6.10 Å². The Hall–Kier alpha value is -3.13. The third-order valence-electron chi connectivity index (χ3n) is 16.4. The van der Waals surface area contributed by atoms with Gasteiger partial charge < -0.3 is 69.5 Å². The summed E-state index contributed by atoms with van der Waals surface area (Å²) in [6.45, 7) is 7.48. The maximum Gasteiger partial charge on any atom is 3.00 e. The van der Waals surface area contributed by atoms with Crippen LogP contribution in [0, 0.1) is 39.9 Å². The summed E-state index contributed by atoms with van der Waals surface area (Å²) in [5.74, 6) is -5.11. The van der Waals surface area contributed by atoms with Crippen LogP contribution in [-0.2, 0) is 56.6 Å². The van der Waals surface area contributed by atoms with Gasteiger partial charge in [-0.25, -0.2) is 4.79 Å². The first-order valence-electron chi connectivity index (χ1n) is 35.7. The van der Waals surface area contributed by atoms with E-state index in [4.69, 9.17) is 18.5 Å². The predicted octanol–water partition coefficient (Wildman–Crippen LogP) is 6.38. The second kappa shape index (κ2) is 62.4. The molecule has 0 aromatic carbocycles. The molecule has 4 N–H and O–H groups in total. The monoisotopic (exact) mass is 1490 g/mol. The van der Waals surface area contributed by atoms with Crippen LogP contribution in [0.1, 0.15) is 245 Å². The van der Waals surface area contributed by atoms with E-state index in [0.29, 0.717) is 64.8 Å². The minimum absolute atomic E-state index is 0. The summed E-state index contributed by atoms with van der Waals surface area (Å²) in [6, 6.07) is -0.285. The van der Waals surface area contributed by atoms with Gasteiger partial charge in [0.1, 0.15) is 6.61 Å². The van der Waals surface area contributed by atoms with Crippen LogP contribution in [0.5, 0.6) is 0 Å². The number of nitrogens with one attached hydrogen (secondary N) is 4. The van der Waals surface area contributed by atoms with Crippen molar-refractivity contribution in [2.45, 2.75) is 251 Å². The Kier molecular flexibility index (Phi) is 60.3. The third kappa shape index (κ3) is 59.8. The number of amides is 4. The predicted molar refractivity (Wildman–Crippen MR) is 352 cm³/mol. The number of esters is 2. The Balaban J connectivity index is 0.0000846. The fourth-order valence-electron chi connectivity index (χ4n) is 10.8. The van der Waals surface area contributed by atoms with E-state index < -0.39 is 44.1 Å². The molecule has 1 fully saturated rings. The molecule has 24 nitrogen and oxygen atoms in total. The van der Waals surface area contributed by atoms with Gasteiger partial charge in [0.25, 0.3) is 0 Å². The Morgan fingerprint density at radius 2 is 0.710 bits per heavy atom. The standard InChI is InChI=1S/C67H127N8O16P.Gd/c1-4-6-8-10-12-14-16-18-20-22-24-26-32-38-65(84)88-57-59(91-66(85)39-33-27-25-23-21-19-17-15-13-11-9-7-5-2)58-90-92(3,87)89-52-43-69-60(76)37-31-30-36-42-71-67(86)70-41-35-29-28-34-40-68-61(77)53-72-44-46-73(54-62(78)79)48-50-75(56-64(82)83)51-49-74(47-45-72)55-63(80)81;/h59H,4-58H2,1-3H3,(H,68,77)(H,69,76)(H,78,79)(H,80,81)(H,82,83)(H2,70,71,86);/q;+3/p-3/t59-,92?;/m0./s1. The molecular weight excluding hydrogens is 1360 g/mol. The normalized spacial score (nSPS) is 14.7. The van der Waals surface area contributed by atoms with Crippen LogP contribution in [-0.4, -0.2) is 205 Å². The van der Waals surface area contributed by atoms with Crippen LogP contribution in [0.15, 0.2) is 0 Å². The summed E-state index contributed by atoms with van der Waals surface area (Å²) in [5.41, 5.74) is 0. The van der Waals surface area contributed by atoms with Crippen LogP contribution in [0.2, 0.25) is 0 Å². The molecule has 1 unspecified atom stereocenters. The van der Waals surface area contributed by atoms with E-state index in [1.807, 2.05) is 4.90 Å². The number of nitrogens with zero attached hydrogens (tertiary/aromatic N) is 4. The summed E-state index contributed by atoms with van der Waals surface area (Å²) in [4.78, 5) is 104. The Labute approximate surface area is 591 Å². The second-order valence-electron chi connectivity index (χ2n) is 25.0. The molecule has 1 radical (unpaired) electrons. The molecule has 1 rings (SSSR count). The summed E-state index contributed by atoms with van der Waals surface area (Å²) in [5, 5.41) is 45.6. The molecule has 1 saturated heterocycles. The zero-order valence-electron chi connectivity index (χ0n) is 57.6. The zero-order valence-corrected chi connectivity index (χ0v) is 60.8. The summed E-state index contributed by atoms with van der Waals surface area (Å²) >= 11 is 0. The number of urea groups is 1. The number of carbonyl (C=O) groups is 8. The Bertz CT molecular complexity index is 1970. The smallest absolute Gasteiger partial charge is 0.549 e. The van der Waals surface area contributed by atoms with Crippen molar-refractivity contribution >= 4 is 55.3 Å². The van der Waals surface area contributed by atoms with Crippen molar-refractivity contribution in [1.82, 2.24) is 40.9 Å².